The number of carbonyl (C=O) groups excluding carboxylic acids is 2. The monoisotopic (exact) mass is 544 g/mol. The number of nitriles is 1. The normalized spacial score (nSPS) is 14.6. The van der Waals surface area contributed by atoms with Gasteiger partial charge in [0.05, 0.1) is 11.7 Å². The summed E-state index contributed by atoms with van der Waals surface area (Å²) in [6.07, 6.45) is 3.22. The van der Waals surface area contributed by atoms with Gasteiger partial charge in [-0.05, 0) is 61.3 Å². The predicted octanol–water partition coefficient (Wildman–Crippen LogP) is 5.05. The summed E-state index contributed by atoms with van der Waals surface area (Å²) in [5.41, 5.74) is 2.42. The molecule has 38 heavy (non-hydrogen) atoms. The van der Waals surface area contributed by atoms with Crippen molar-refractivity contribution in [3.63, 3.8) is 0 Å². The summed E-state index contributed by atoms with van der Waals surface area (Å²) in [5.74, 6) is -0.738. The number of anilines is 2. The van der Waals surface area contributed by atoms with Gasteiger partial charge in [-0.3, -0.25) is 9.59 Å². The summed E-state index contributed by atoms with van der Waals surface area (Å²) < 4.78 is 0. The Bertz CT molecular complexity index is 1560. The molecule has 190 valence electrons. The molecule has 1 atom stereocenters. The second-order valence-corrected chi connectivity index (χ2v) is 9.89. The number of pyridine rings is 1. The number of carbonyl (C=O) groups is 2. The third-order valence-electron chi connectivity index (χ3n) is 6.04. The van der Waals surface area contributed by atoms with E-state index in [1.807, 2.05) is 0 Å². The summed E-state index contributed by atoms with van der Waals surface area (Å²) >= 11 is 7.17. The van der Waals surface area contributed by atoms with E-state index >= 15 is 0 Å². The second-order valence-electron chi connectivity index (χ2n) is 8.56. The van der Waals surface area contributed by atoms with Crippen molar-refractivity contribution in [2.45, 2.75) is 18.9 Å². The lowest BCUT2D eigenvalue weighted by Gasteiger charge is -2.15. The minimum atomic E-state index is -0.516. The number of aromatic nitrogens is 2. The van der Waals surface area contributed by atoms with Crippen molar-refractivity contribution >= 4 is 46.3 Å². The summed E-state index contributed by atoms with van der Waals surface area (Å²) in [5, 5.41) is 31.7. The van der Waals surface area contributed by atoms with E-state index in [1.54, 1.807) is 47.8 Å². The minimum Gasteiger partial charge on any atom is -0.507 e. The van der Waals surface area contributed by atoms with Crippen molar-refractivity contribution in [2.24, 2.45) is 0 Å². The number of hydrogen-bond donors (Lipinski definition) is 4. The lowest BCUT2D eigenvalue weighted by Crippen LogP contribution is -2.35. The molecule has 0 saturated carbocycles. The molecule has 0 unspecified atom stereocenters. The van der Waals surface area contributed by atoms with Crippen molar-refractivity contribution < 1.29 is 14.7 Å². The Morgan fingerprint density at radius 1 is 1.16 bits per heavy atom. The highest BCUT2D eigenvalue weighted by atomic mass is 35.5. The SMILES string of the molecule is N#Cc1c(-c2cccc(NC(=O)[C@@H]3CCCN3)c2)cc(-c2ccc(Cl)cc2O)nc1NC(=O)c1nccs1. The van der Waals surface area contributed by atoms with Crippen LogP contribution in [0.3, 0.4) is 0 Å². The number of aromatic hydroxyl groups is 1. The minimum absolute atomic E-state index is 0.0131. The van der Waals surface area contributed by atoms with E-state index < -0.39 is 5.91 Å². The van der Waals surface area contributed by atoms with Gasteiger partial charge in [-0.15, -0.1) is 11.3 Å². The lowest BCUT2D eigenvalue weighted by atomic mass is 9.97. The molecule has 0 bridgehead atoms. The highest BCUT2D eigenvalue weighted by Crippen LogP contribution is 2.37. The summed E-state index contributed by atoms with van der Waals surface area (Å²) in [4.78, 5) is 34.0. The summed E-state index contributed by atoms with van der Waals surface area (Å²) in [6.45, 7) is 0.802. The maximum Gasteiger partial charge on any atom is 0.285 e. The zero-order chi connectivity index (χ0) is 26.6. The fourth-order valence-corrected chi connectivity index (χ4v) is 4.93. The van der Waals surface area contributed by atoms with E-state index in [2.05, 4.69) is 32.0 Å². The van der Waals surface area contributed by atoms with E-state index in [-0.39, 0.29) is 34.1 Å². The molecule has 1 aliphatic rings. The Morgan fingerprint density at radius 2 is 2.03 bits per heavy atom. The van der Waals surface area contributed by atoms with Gasteiger partial charge in [-0.1, -0.05) is 23.7 Å². The maximum atomic E-state index is 12.8. The number of halogens is 1. The smallest absolute Gasteiger partial charge is 0.285 e. The van der Waals surface area contributed by atoms with E-state index in [0.717, 1.165) is 30.7 Å². The largest absolute Gasteiger partial charge is 0.507 e. The maximum absolute atomic E-state index is 12.8. The van der Waals surface area contributed by atoms with E-state index in [9.17, 15) is 20.0 Å². The Kier molecular flexibility index (Phi) is 7.33. The van der Waals surface area contributed by atoms with Crippen LogP contribution in [0, 0.1) is 11.3 Å². The number of phenols is 1. The van der Waals surface area contributed by atoms with Gasteiger partial charge in [0.15, 0.2) is 10.8 Å². The average molecular weight is 545 g/mol. The standard InChI is InChI=1S/C27H21ClN6O3S/c28-16-6-7-18(23(35)12-16)22-13-19(20(14-29)24(33-22)34-26(37)27-31-9-10-38-27)15-3-1-4-17(11-15)32-25(36)21-5-2-8-30-21/h1,3-4,6-7,9-13,21,30,35H,2,5,8H2,(H,32,36)(H,33,34,37)/t21-/m0/s1. The molecule has 4 aromatic rings. The number of nitrogens with zero attached hydrogens (tertiary/aromatic N) is 3. The van der Waals surface area contributed by atoms with Crippen molar-refractivity contribution in [1.29, 1.82) is 5.26 Å². The van der Waals surface area contributed by atoms with Crippen LogP contribution in [0.5, 0.6) is 5.75 Å². The zero-order valence-electron chi connectivity index (χ0n) is 19.9. The van der Waals surface area contributed by atoms with E-state index in [1.165, 1.54) is 12.3 Å². The molecule has 9 nitrogen and oxygen atoms in total. The molecule has 2 aromatic carbocycles. The first-order chi connectivity index (χ1) is 18.4. The molecule has 3 heterocycles. The zero-order valence-corrected chi connectivity index (χ0v) is 21.4. The first-order valence-electron chi connectivity index (χ1n) is 11.7. The molecule has 1 saturated heterocycles. The quantitative estimate of drug-likeness (QED) is 0.266. The lowest BCUT2D eigenvalue weighted by molar-refractivity contribution is -0.117. The fourth-order valence-electron chi connectivity index (χ4n) is 4.23. The number of amides is 2. The Morgan fingerprint density at radius 3 is 2.74 bits per heavy atom. The number of nitrogens with one attached hydrogen (secondary N) is 3. The van der Waals surface area contributed by atoms with Crippen molar-refractivity contribution in [2.75, 3.05) is 17.2 Å². The fraction of sp³-hybridized carbons (Fsp3) is 0.148. The first-order valence-corrected chi connectivity index (χ1v) is 13.0. The van der Waals surface area contributed by atoms with Crippen LogP contribution in [0.4, 0.5) is 11.5 Å². The van der Waals surface area contributed by atoms with Gasteiger partial charge in [0.25, 0.3) is 5.91 Å². The van der Waals surface area contributed by atoms with Crippen LogP contribution in [0.2, 0.25) is 5.02 Å². The third-order valence-corrected chi connectivity index (χ3v) is 7.05. The predicted molar refractivity (Wildman–Crippen MR) is 146 cm³/mol. The van der Waals surface area contributed by atoms with Gasteiger partial charge >= 0.3 is 0 Å². The van der Waals surface area contributed by atoms with Gasteiger partial charge in [0.2, 0.25) is 5.91 Å². The first kappa shape index (κ1) is 25.4. The molecule has 0 radical (unpaired) electrons. The van der Waals surface area contributed by atoms with Crippen LogP contribution >= 0.6 is 22.9 Å². The molecule has 2 amide bonds. The van der Waals surface area contributed by atoms with Crippen molar-refractivity contribution in [3.8, 4) is 34.2 Å². The second kappa shape index (κ2) is 11.0. The topological polar surface area (TPSA) is 140 Å². The van der Waals surface area contributed by atoms with Crippen LogP contribution in [-0.4, -0.2) is 39.5 Å². The summed E-state index contributed by atoms with van der Waals surface area (Å²) in [7, 11) is 0. The highest BCUT2D eigenvalue weighted by molar-refractivity contribution is 7.11. The molecule has 5 rings (SSSR count). The molecular weight excluding hydrogens is 524 g/mol. The van der Waals surface area contributed by atoms with Gasteiger partial charge in [-0.2, -0.15) is 5.26 Å². The number of hydrogen-bond acceptors (Lipinski definition) is 8. The number of benzene rings is 2. The molecule has 0 aliphatic carbocycles. The van der Waals surface area contributed by atoms with E-state index in [0.29, 0.717) is 33.1 Å². The Balaban J connectivity index is 1.60. The third kappa shape index (κ3) is 5.35. The molecule has 2 aromatic heterocycles. The number of phenolic OH excluding ortho intramolecular Hbond substituents is 1. The van der Waals surface area contributed by atoms with Gasteiger partial charge in [0.1, 0.15) is 17.4 Å². The van der Waals surface area contributed by atoms with Crippen LogP contribution in [0.1, 0.15) is 28.2 Å². The molecule has 1 aliphatic heterocycles. The Labute approximate surface area is 227 Å². The van der Waals surface area contributed by atoms with Crippen LogP contribution in [0.15, 0.2) is 60.1 Å². The number of thiazole rings is 1. The molecule has 11 heteroatoms. The van der Waals surface area contributed by atoms with Gasteiger partial charge in [-0.25, -0.2) is 9.97 Å². The van der Waals surface area contributed by atoms with Crippen LogP contribution < -0.4 is 16.0 Å². The number of rotatable bonds is 6. The van der Waals surface area contributed by atoms with Crippen molar-refractivity contribution in [3.05, 3.63) is 75.7 Å². The highest BCUT2D eigenvalue weighted by Gasteiger charge is 2.23. The average Bonchev–Trinajstić information content (AvgIpc) is 3.64. The van der Waals surface area contributed by atoms with Gasteiger partial charge < -0.3 is 21.1 Å². The molecule has 4 N–H and O–H groups in total. The van der Waals surface area contributed by atoms with E-state index in [4.69, 9.17) is 11.6 Å². The van der Waals surface area contributed by atoms with Crippen molar-refractivity contribution in [1.82, 2.24) is 15.3 Å². The molecule has 0 spiro atoms. The molecular formula is C27H21ClN6O3S. The molecule has 1 fully saturated rings. The van der Waals surface area contributed by atoms with Crippen LogP contribution in [-0.2, 0) is 4.79 Å². The van der Waals surface area contributed by atoms with Crippen LogP contribution in [0.25, 0.3) is 22.4 Å². The Hall–Kier alpha value is -4.30. The van der Waals surface area contributed by atoms with Gasteiger partial charge in [0, 0.05) is 33.4 Å². The summed E-state index contributed by atoms with van der Waals surface area (Å²) in [6, 6.07) is 15.2.